The molecule has 1 aromatic carbocycles. The van der Waals surface area contributed by atoms with Gasteiger partial charge in [0.15, 0.2) is 0 Å². The van der Waals surface area contributed by atoms with Crippen molar-refractivity contribution in [2.45, 2.75) is 0 Å². The van der Waals surface area contributed by atoms with E-state index in [1.54, 1.807) is 18.2 Å². The summed E-state index contributed by atoms with van der Waals surface area (Å²) >= 11 is 8.99. The van der Waals surface area contributed by atoms with Crippen LogP contribution in [0.3, 0.4) is 0 Å². The number of benzene rings is 1. The Kier molecular flexibility index (Phi) is 5.58. The van der Waals surface area contributed by atoms with Gasteiger partial charge in [-0.1, -0.05) is 11.6 Å². The summed E-state index contributed by atoms with van der Waals surface area (Å²) in [6.45, 7) is 0.358. The van der Waals surface area contributed by atoms with Crippen LogP contribution in [0.4, 0.5) is 0 Å². The fourth-order valence-corrected chi connectivity index (χ4v) is 2.52. The second-order valence-electron chi connectivity index (χ2n) is 3.55. The molecule has 0 spiro atoms. The van der Waals surface area contributed by atoms with Crippen molar-refractivity contribution in [1.82, 2.24) is 10.0 Å². The standard InChI is InChI=1S/C10H12BrClN2O3S/c1-18(16,17)14-5-4-13-10(15)8-3-2-7(12)6-9(8)11/h2-3,6,14H,4-5H2,1H3,(H,13,15). The van der Waals surface area contributed by atoms with Crippen molar-refractivity contribution in [3.63, 3.8) is 0 Å². The van der Waals surface area contributed by atoms with E-state index in [0.717, 1.165) is 6.26 Å². The van der Waals surface area contributed by atoms with Crippen LogP contribution in [0, 0.1) is 0 Å². The van der Waals surface area contributed by atoms with Gasteiger partial charge in [0, 0.05) is 22.6 Å². The van der Waals surface area contributed by atoms with Gasteiger partial charge in [-0.2, -0.15) is 0 Å². The smallest absolute Gasteiger partial charge is 0.252 e. The molecule has 18 heavy (non-hydrogen) atoms. The molecule has 100 valence electrons. The molecular formula is C10H12BrClN2O3S. The molecule has 1 rings (SSSR count). The van der Waals surface area contributed by atoms with E-state index in [1.165, 1.54) is 0 Å². The van der Waals surface area contributed by atoms with Crippen molar-refractivity contribution in [2.75, 3.05) is 19.3 Å². The van der Waals surface area contributed by atoms with Crippen LogP contribution in [0.15, 0.2) is 22.7 Å². The Morgan fingerprint density at radius 1 is 1.39 bits per heavy atom. The molecule has 0 heterocycles. The highest BCUT2D eigenvalue weighted by Crippen LogP contribution is 2.21. The van der Waals surface area contributed by atoms with Crippen LogP contribution in [0.5, 0.6) is 0 Å². The minimum absolute atomic E-state index is 0.149. The fraction of sp³-hybridized carbons (Fsp3) is 0.300. The predicted octanol–water partition coefficient (Wildman–Crippen LogP) is 1.38. The average molecular weight is 356 g/mol. The number of sulfonamides is 1. The van der Waals surface area contributed by atoms with Crippen molar-refractivity contribution in [1.29, 1.82) is 0 Å². The summed E-state index contributed by atoms with van der Waals surface area (Å²) in [5, 5.41) is 3.12. The third-order valence-electron chi connectivity index (χ3n) is 1.95. The molecule has 0 aliphatic carbocycles. The lowest BCUT2D eigenvalue weighted by Crippen LogP contribution is -2.34. The SMILES string of the molecule is CS(=O)(=O)NCCNC(=O)c1ccc(Cl)cc1Br. The van der Waals surface area contributed by atoms with E-state index in [-0.39, 0.29) is 19.0 Å². The zero-order valence-electron chi connectivity index (χ0n) is 9.54. The third kappa shape index (κ3) is 5.34. The van der Waals surface area contributed by atoms with Crippen LogP contribution < -0.4 is 10.0 Å². The van der Waals surface area contributed by atoms with E-state index in [9.17, 15) is 13.2 Å². The Morgan fingerprint density at radius 2 is 2.06 bits per heavy atom. The molecule has 0 aliphatic heterocycles. The Labute approximate surface area is 119 Å². The van der Waals surface area contributed by atoms with Crippen molar-refractivity contribution in [3.05, 3.63) is 33.3 Å². The van der Waals surface area contributed by atoms with E-state index in [4.69, 9.17) is 11.6 Å². The molecule has 5 nitrogen and oxygen atoms in total. The van der Waals surface area contributed by atoms with Crippen molar-refractivity contribution in [3.8, 4) is 0 Å². The third-order valence-corrected chi connectivity index (χ3v) is 3.57. The maximum Gasteiger partial charge on any atom is 0.252 e. The van der Waals surface area contributed by atoms with Crippen LogP contribution in [0.25, 0.3) is 0 Å². The van der Waals surface area contributed by atoms with Crippen molar-refractivity contribution >= 4 is 43.5 Å². The minimum Gasteiger partial charge on any atom is -0.351 e. The summed E-state index contributed by atoms with van der Waals surface area (Å²) in [5.74, 6) is -0.297. The maximum absolute atomic E-state index is 11.7. The lowest BCUT2D eigenvalue weighted by atomic mass is 10.2. The molecule has 0 atom stereocenters. The van der Waals surface area contributed by atoms with E-state index in [2.05, 4.69) is 26.0 Å². The number of hydrogen-bond donors (Lipinski definition) is 2. The van der Waals surface area contributed by atoms with Gasteiger partial charge in [-0.25, -0.2) is 13.1 Å². The van der Waals surface area contributed by atoms with Gasteiger partial charge in [0.25, 0.3) is 5.91 Å². The fourth-order valence-electron chi connectivity index (χ4n) is 1.18. The van der Waals surface area contributed by atoms with Crippen LogP contribution >= 0.6 is 27.5 Å². The van der Waals surface area contributed by atoms with Gasteiger partial charge in [0.2, 0.25) is 10.0 Å². The van der Waals surface area contributed by atoms with Gasteiger partial charge in [0.05, 0.1) is 11.8 Å². The molecule has 0 saturated heterocycles. The second-order valence-corrected chi connectivity index (χ2v) is 6.67. The van der Waals surface area contributed by atoms with Crippen LogP contribution in [0.2, 0.25) is 5.02 Å². The predicted molar refractivity (Wildman–Crippen MR) is 74.3 cm³/mol. The highest BCUT2D eigenvalue weighted by Gasteiger charge is 2.09. The minimum atomic E-state index is -3.23. The molecular weight excluding hydrogens is 344 g/mol. The largest absolute Gasteiger partial charge is 0.351 e. The number of halogens is 2. The summed E-state index contributed by atoms with van der Waals surface area (Å²) in [5.41, 5.74) is 0.443. The lowest BCUT2D eigenvalue weighted by molar-refractivity contribution is 0.0953. The first-order chi connectivity index (χ1) is 8.29. The Hall–Kier alpha value is -0.630. The summed E-state index contributed by atoms with van der Waals surface area (Å²) in [6.07, 6.45) is 1.06. The summed E-state index contributed by atoms with van der Waals surface area (Å²) in [4.78, 5) is 11.7. The Morgan fingerprint density at radius 3 is 2.61 bits per heavy atom. The maximum atomic E-state index is 11.7. The molecule has 2 N–H and O–H groups in total. The van der Waals surface area contributed by atoms with E-state index in [1.807, 2.05) is 0 Å². The lowest BCUT2D eigenvalue weighted by Gasteiger charge is -2.07. The Balaban J connectivity index is 2.51. The van der Waals surface area contributed by atoms with Gasteiger partial charge in [-0.15, -0.1) is 0 Å². The average Bonchev–Trinajstić information content (AvgIpc) is 2.22. The number of hydrogen-bond acceptors (Lipinski definition) is 3. The molecule has 0 unspecified atom stereocenters. The van der Waals surface area contributed by atoms with Crippen LogP contribution in [-0.4, -0.2) is 33.7 Å². The highest BCUT2D eigenvalue weighted by atomic mass is 79.9. The first kappa shape index (κ1) is 15.4. The van der Waals surface area contributed by atoms with Crippen LogP contribution in [0.1, 0.15) is 10.4 Å². The zero-order valence-corrected chi connectivity index (χ0v) is 12.7. The van der Waals surface area contributed by atoms with E-state index >= 15 is 0 Å². The molecule has 0 bridgehead atoms. The topological polar surface area (TPSA) is 75.3 Å². The summed E-state index contributed by atoms with van der Waals surface area (Å²) < 4.78 is 24.4. The van der Waals surface area contributed by atoms with E-state index < -0.39 is 10.0 Å². The molecule has 0 aliphatic rings. The summed E-state index contributed by atoms with van der Waals surface area (Å²) in [6, 6.07) is 4.81. The molecule has 0 aromatic heterocycles. The first-order valence-electron chi connectivity index (χ1n) is 4.97. The zero-order chi connectivity index (χ0) is 13.8. The molecule has 8 heteroatoms. The normalized spacial score (nSPS) is 11.3. The van der Waals surface area contributed by atoms with Gasteiger partial charge in [-0.3, -0.25) is 4.79 Å². The Bertz CT molecular complexity index is 548. The van der Waals surface area contributed by atoms with E-state index in [0.29, 0.717) is 15.1 Å². The number of rotatable bonds is 5. The second kappa shape index (κ2) is 6.51. The van der Waals surface area contributed by atoms with Gasteiger partial charge in [0.1, 0.15) is 0 Å². The molecule has 0 radical (unpaired) electrons. The number of nitrogens with one attached hydrogen (secondary N) is 2. The van der Waals surface area contributed by atoms with Crippen molar-refractivity contribution in [2.24, 2.45) is 0 Å². The summed E-state index contributed by atoms with van der Waals surface area (Å²) in [7, 11) is -3.23. The molecule has 0 fully saturated rings. The molecule has 0 saturated carbocycles. The van der Waals surface area contributed by atoms with Gasteiger partial charge < -0.3 is 5.32 Å². The monoisotopic (exact) mass is 354 g/mol. The van der Waals surface area contributed by atoms with Crippen LogP contribution in [-0.2, 0) is 10.0 Å². The molecule has 1 amide bonds. The molecule has 1 aromatic rings. The quantitative estimate of drug-likeness (QED) is 0.784. The first-order valence-corrected chi connectivity index (χ1v) is 8.04. The number of carbonyl (C=O) groups is 1. The number of carbonyl (C=O) groups excluding carboxylic acids is 1. The highest BCUT2D eigenvalue weighted by molar-refractivity contribution is 9.10. The van der Waals surface area contributed by atoms with Crippen molar-refractivity contribution < 1.29 is 13.2 Å². The number of amides is 1. The van der Waals surface area contributed by atoms with Gasteiger partial charge >= 0.3 is 0 Å². The van der Waals surface area contributed by atoms with Gasteiger partial charge in [-0.05, 0) is 34.1 Å².